The van der Waals surface area contributed by atoms with Crippen LogP contribution in [-0.2, 0) is 6.42 Å². The van der Waals surface area contributed by atoms with Gasteiger partial charge in [0.2, 0.25) is 0 Å². The van der Waals surface area contributed by atoms with Gasteiger partial charge in [0, 0.05) is 12.1 Å². The lowest BCUT2D eigenvalue weighted by Gasteiger charge is -2.27. The summed E-state index contributed by atoms with van der Waals surface area (Å²) in [4.78, 5) is 0. The van der Waals surface area contributed by atoms with Crippen LogP contribution >= 0.6 is 0 Å². The maximum atomic E-state index is 13.0. The van der Waals surface area contributed by atoms with Gasteiger partial charge in [-0.25, -0.2) is 8.78 Å². The molecule has 0 aromatic heterocycles. The van der Waals surface area contributed by atoms with Crippen molar-refractivity contribution in [2.75, 3.05) is 0 Å². The Kier molecular flexibility index (Phi) is 4.11. The molecule has 0 bridgehead atoms. The number of halogens is 2. The topological polar surface area (TPSA) is 26.0 Å². The first-order chi connectivity index (χ1) is 8.15. The van der Waals surface area contributed by atoms with E-state index in [-0.39, 0.29) is 6.04 Å². The summed E-state index contributed by atoms with van der Waals surface area (Å²) in [5.74, 6) is -0.526. The van der Waals surface area contributed by atoms with E-state index < -0.39 is 11.6 Å². The van der Waals surface area contributed by atoms with Crippen LogP contribution in [0.1, 0.15) is 37.7 Å². The molecule has 2 rings (SSSR count). The Morgan fingerprint density at radius 2 is 1.65 bits per heavy atom. The quantitative estimate of drug-likeness (QED) is 0.859. The zero-order valence-corrected chi connectivity index (χ0v) is 9.96. The van der Waals surface area contributed by atoms with Gasteiger partial charge < -0.3 is 5.73 Å². The smallest absolute Gasteiger partial charge is 0.126 e. The highest BCUT2D eigenvalue weighted by Gasteiger charge is 2.20. The molecule has 0 aliphatic heterocycles. The fourth-order valence-corrected chi connectivity index (χ4v) is 2.73. The van der Waals surface area contributed by atoms with E-state index in [1.807, 2.05) is 0 Å². The highest BCUT2D eigenvalue weighted by molar-refractivity contribution is 5.19. The lowest BCUT2D eigenvalue weighted by molar-refractivity contribution is 0.303. The van der Waals surface area contributed by atoms with E-state index in [2.05, 4.69) is 0 Å². The molecule has 0 heterocycles. The normalized spacial score (nSPS) is 19.2. The van der Waals surface area contributed by atoms with Crippen LogP contribution in [0, 0.1) is 17.6 Å². The summed E-state index contributed by atoms with van der Waals surface area (Å²) >= 11 is 0. The van der Waals surface area contributed by atoms with Crippen LogP contribution in [0.4, 0.5) is 8.78 Å². The largest absolute Gasteiger partial charge is 0.327 e. The molecule has 1 aliphatic carbocycles. The average Bonchev–Trinajstić information content (AvgIpc) is 2.28. The van der Waals surface area contributed by atoms with E-state index in [0.717, 1.165) is 18.9 Å². The molecule has 0 spiro atoms. The first kappa shape index (κ1) is 12.5. The molecule has 1 aromatic carbocycles. The number of benzene rings is 1. The lowest BCUT2D eigenvalue weighted by Crippen LogP contribution is -2.33. The molecule has 3 heteroatoms. The van der Waals surface area contributed by atoms with E-state index >= 15 is 0 Å². The Morgan fingerprint density at radius 1 is 1.06 bits per heavy atom. The highest BCUT2D eigenvalue weighted by atomic mass is 19.1. The van der Waals surface area contributed by atoms with Crippen LogP contribution in [0.25, 0.3) is 0 Å². The molecule has 1 aliphatic rings. The van der Waals surface area contributed by atoms with Gasteiger partial charge in [-0.3, -0.25) is 0 Å². The molecule has 17 heavy (non-hydrogen) atoms. The summed E-state index contributed by atoms with van der Waals surface area (Å²) in [5, 5.41) is 0. The Morgan fingerprint density at radius 3 is 2.24 bits per heavy atom. The third kappa shape index (κ3) is 3.50. The average molecular weight is 239 g/mol. The molecule has 0 radical (unpaired) electrons. The molecule has 1 atom stereocenters. The summed E-state index contributed by atoms with van der Waals surface area (Å²) in [6.45, 7) is 0. The zero-order valence-electron chi connectivity index (χ0n) is 9.96. The maximum absolute atomic E-state index is 13.0. The minimum absolute atomic E-state index is 0.0245. The van der Waals surface area contributed by atoms with E-state index in [1.54, 1.807) is 0 Å². The number of rotatable bonds is 3. The van der Waals surface area contributed by atoms with Crippen LogP contribution in [0.3, 0.4) is 0 Å². The molecule has 94 valence electrons. The summed E-state index contributed by atoms with van der Waals surface area (Å²) in [7, 11) is 0. The molecule has 1 aromatic rings. The van der Waals surface area contributed by atoms with E-state index in [1.165, 1.54) is 31.4 Å². The van der Waals surface area contributed by atoms with Crippen LogP contribution in [0.2, 0.25) is 0 Å². The Hall–Kier alpha value is -0.960. The summed E-state index contributed by atoms with van der Waals surface area (Å²) in [6.07, 6.45) is 6.63. The monoisotopic (exact) mass is 239 g/mol. The molecule has 1 unspecified atom stereocenters. The van der Waals surface area contributed by atoms with Crippen LogP contribution < -0.4 is 5.73 Å². The SMILES string of the molecule is NC(Cc1cc(F)cc(F)c1)C1CCCCC1. The van der Waals surface area contributed by atoms with E-state index in [0.29, 0.717) is 17.9 Å². The van der Waals surface area contributed by atoms with Crippen molar-refractivity contribution in [3.05, 3.63) is 35.4 Å². The van der Waals surface area contributed by atoms with Gasteiger partial charge >= 0.3 is 0 Å². The summed E-state index contributed by atoms with van der Waals surface area (Å²) < 4.78 is 26.1. The molecule has 1 saturated carbocycles. The molecule has 0 amide bonds. The van der Waals surface area contributed by atoms with Crippen LogP contribution in [-0.4, -0.2) is 6.04 Å². The van der Waals surface area contributed by atoms with Crippen molar-refractivity contribution in [2.45, 2.75) is 44.6 Å². The van der Waals surface area contributed by atoms with Gasteiger partial charge in [0.15, 0.2) is 0 Å². The lowest BCUT2D eigenvalue weighted by atomic mass is 9.82. The van der Waals surface area contributed by atoms with Gasteiger partial charge in [-0.1, -0.05) is 19.3 Å². The molecular formula is C14H19F2N. The van der Waals surface area contributed by atoms with Crippen molar-refractivity contribution in [2.24, 2.45) is 11.7 Å². The first-order valence-electron chi connectivity index (χ1n) is 6.35. The van der Waals surface area contributed by atoms with Crippen molar-refractivity contribution in [1.29, 1.82) is 0 Å². The van der Waals surface area contributed by atoms with Gasteiger partial charge in [-0.2, -0.15) is 0 Å². The molecule has 2 N–H and O–H groups in total. The zero-order chi connectivity index (χ0) is 12.3. The van der Waals surface area contributed by atoms with Crippen molar-refractivity contribution in [3.63, 3.8) is 0 Å². The van der Waals surface area contributed by atoms with Gasteiger partial charge in [0.05, 0.1) is 0 Å². The number of hydrogen-bond acceptors (Lipinski definition) is 1. The summed E-state index contributed by atoms with van der Waals surface area (Å²) in [5.41, 5.74) is 6.80. The number of hydrogen-bond donors (Lipinski definition) is 1. The molecule has 1 nitrogen and oxygen atoms in total. The molecule has 0 saturated heterocycles. The third-order valence-corrected chi connectivity index (χ3v) is 3.65. The van der Waals surface area contributed by atoms with E-state index in [9.17, 15) is 8.78 Å². The van der Waals surface area contributed by atoms with Crippen molar-refractivity contribution >= 4 is 0 Å². The van der Waals surface area contributed by atoms with Crippen molar-refractivity contribution in [3.8, 4) is 0 Å². The van der Waals surface area contributed by atoms with Gasteiger partial charge in [-0.05, 0) is 42.9 Å². The van der Waals surface area contributed by atoms with E-state index in [4.69, 9.17) is 5.73 Å². The van der Waals surface area contributed by atoms with Crippen LogP contribution in [0.5, 0.6) is 0 Å². The third-order valence-electron chi connectivity index (χ3n) is 3.65. The minimum atomic E-state index is -0.518. The fraction of sp³-hybridized carbons (Fsp3) is 0.571. The summed E-state index contributed by atoms with van der Waals surface area (Å²) in [6, 6.07) is 3.68. The first-order valence-corrected chi connectivity index (χ1v) is 6.35. The highest BCUT2D eigenvalue weighted by Crippen LogP contribution is 2.27. The van der Waals surface area contributed by atoms with Gasteiger partial charge in [0.25, 0.3) is 0 Å². The molecular weight excluding hydrogens is 220 g/mol. The van der Waals surface area contributed by atoms with Crippen LogP contribution in [0.15, 0.2) is 18.2 Å². The predicted octanol–water partition coefficient (Wildman–Crippen LogP) is 3.41. The Labute approximate surface area is 101 Å². The predicted molar refractivity (Wildman–Crippen MR) is 64.6 cm³/mol. The second-order valence-corrected chi connectivity index (χ2v) is 5.04. The maximum Gasteiger partial charge on any atom is 0.126 e. The minimum Gasteiger partial charge on any atom is -0.327 e. The van der Waals surface area contributed by atoms with Crippen molar-refractivity contribution in [1.82, 2.24) is 0 Å². The van der Waals surface area contributed by atoms with Gasteiger partial charge in [-0.15, -0.1) is 0 Å². The fourth-order valence-electron chi connectivity index (χ4n) is 2.73. The Bertz CT molecular complexity index is 352. The Balaban J connectivity index is 1.99. The molecule has 1 fully saturated rings. The second-order valence-electron chi connectivity index (χ2n) is 5.04. The van der Waals surface area contributed by atoms with Gasteiger partial charge in [0.1, 0.15) is 11.6 Å². The van der Waals surface area contributed by atoms with Crippen molar-refractivity contribution < 1.29 is 8.78 Å². The second kappa shape index (κ2) is 5.58. The standard InChI is InChI=1S/C14H19F2N/c15-12-6-10(7-13(16)9-12)8-14(17)11-4-2-1-3-5-11/h6-7,9,11,14H,1-5,8,17H2. The number of nitrogens with two attached hydrogens (primary N) is 1.